The SMILES string of the molecule is CSc1cccc(N2CCCC(CCO)C2)c1/C(N)=N/O. The fourth-order valence-electron chi connectivity index (χ4n) is 2.96. The van der Waals surface area contributed by atoms with Crippen LogP contribution in [0.2, 0.25) is 0 Å². The van der Waals surface area contributed by atoms with Gasteiger partial charge in [-0.2, -0.15) is 0 Å². The summed E-state index contributed by atoms with van der Waals surface area (Å²) in [4.78, 5) is 3.30. The molecule has 116 valence electrons. The van der Waals surface area contributed by atoms with Crippen molar-refractivity contribution in [3.05, 3.63) is 23.8 Å². The standard InChI is InChI=1S/C15H23N3O2S/c1-21-13-6-2-5-12(14(13)15(16)17-20)18-8-3-4-11(10-18)7-9-19/h2,5-6,11,19-20H,3-4,7-10H2,1H3,(H2,16,17). The third-order valence-corrected chi connectivity index (χ3v) is 4.77. The number of anilines is 1. The molecule has 1 atom stereocenters. The fourth-order valence-corrected chi connectivity index (χ4v) is 3.59. The van der Waals surface area contributed by atoms with Gasteiger partial charge in [0.15, 0.2) is 5.84 Å². The molecule has 0 aliphatic carbocycles. The number of hydrogen-bond acceptors (Lipinski definition) is 5. The van der Waals surface area contributed by atoms with Gasteiger partial charge in [-0.1, -0.05) is 11.2 Å². The summed E-state index contributed by atoms with van der Waals surface area (Å²) in [5.41, 5.74) is 7.71. The van der Waals surface area contributed by atoms with E-state index in [1.807, 2.05) is 24.5 Å². The number of nitrogens with two attached hydrogens (primary N) is 1. The van der Waals surface area contributed by atoms with Gasteiger partial charge in [0.25, 0.3) is 0 Å². The molecular formula is C15H23N3O2S. The zero-order chi connectivity index (χ0) is 15.2. The maximum absolute atomic E-state index is 9.14. The molecule has 6 heteroatoms. The number of amidine groups is 1. The van der Waals surface area contributed by atoms with Gasteiger partial charge < -0.3 is 20.9 Å². The van der Waals surface area contributed by atoms with Crippen molar-refractivity contribution in [3.8, 4) is 0 Å². The highest BCUT2D eigenvalue weighted by atomic mass is 32.2. The molecule has 0 radical (unpaired) electrons. The summed E-state index contributed by atoms with van der Waals surface area (Å²) >= 11 is 1.59. The number of aliphatic hydroxyl groups excluding tert-OH is 1. The van der Waals surface area contributed by atoms with Crippen LogP contribution < -0.4 is 10.6 Å². The first-order valence-electron chi connectivity index (χ1n) is 7.22. The lowest BCUT2D eigenvalue weighted by Crippen LogP contribution is -2.37. The second-order valence-corrected chi connectivity index (χ2v) is 6.15. The highest BCUT2D eigenvalue weighted by Gasteiger charge is 2.23. The first-order valence-corrected chi connectivity index (χ1v) is 8.44. The van der Waals surface area contributed by atoms with Crippen molar-refractivity contribution < 1.29 is 10.3 Å². The number of hydrogen-bond donors (Lipinski definition) is 3. The second kappa shape index (κ2) is 7.56. The summed E-state index contributed by atoms with van der Waals surface area (Å²) < 4.78 is 0. The van der Waals surface area contributed by atoms with E-state index in [0.29, 0.717) is 5.92 Å². The Kier molecular flexibility index (Phi) is 5.76. The quantitative estimate of drug-likeness (QED) is 0.255. The molecule has 1 aliphatic heterocycles. The molecule has 1 aromatic rings. The summed E-state index contributed by atoms with van der Waals surface area (Å²) in [6.45, 7) is 2.10. The highest BCUT2D eigenvalue weighted by Crippen LogP contribution is 2.32. The van der Waals surface area contributed by atoms with E-state index >= 15 is 0 Å². The zero-order valence-electron chi connectivity index (χ0n) is 12.3. The molecule has 1 unspecified atom stereocenters. The van der Waals surface area contributed by atoms with Crippen LogP contribution in [-0.4, -0.2) is 42.1 Å². The minimum absolute atomic E-state index is 0.152. The summed E-state index contributed by atoms with van der Waals surface area (Å²) in [6.07, 6.45) is 5.07. The molecule has 2 rings (SSSR count). The van der Waals surface area contributed by atoms with Crippen LogP contribution in [0.15, 0.2) is 28.3 Å². The van der Waals surface area contributed by atoms with Crippen LogP contribution in [0.5, 0.6) is 0 Å². The monoisotopic (exact) mass is 309 g/mol. The predicted octanol–water partition coefficient (Wildman–Crippen LogP) is 2.10. The molecule has 4 N–H and O–H groups in total. The van der Waals surface area contributed by atoms with Crippen LogP contribution in [0.4, 0.5) is 5.69 Å². The molecule has 1 aromatic carbocycles. The number of rotatable bonds is 5. The van der Waals surface area contributed by atoms with Gasteiger partial charge in [-0.15, -0.1) is 11.8 Å². The van der Waals surface area contributed by atoms with E-state index in [1.165, 1.54) is 0 Å². The number of thioether (sulfide) groups is 1. The van der Waals surface area contributed by atoms with Crippen molar-refractivity contribution >= 4 is 23.3 Å². The Hall–Kier alpha value is -1.40. The molecule has 1 fully saturated rings. The molecular weight excluding hydrogens is 286 g/mol. The Labute approximate surface area is 129 Å². The second-order valence-electron chi connectivity index (χ2n) is 5.31. The Morgan fingerprint density at radius 3 is 3.00 bits per heavy atom. The van der Waals surface area contributed by atoms with Gasteiger partial charge in [0.2, 0.25) is 0 Å². The Morgan fingerprint density at radius 1 is 1.52 bits per heavy atom. The van der Waals surface area contributed by atoms with Crippen LogP contribution in [0.3, 0.4) is 0 Å². The molecule has 5 nitrogen and oxygen atoms in total. The van der Waals surface area contributed by atoms with E-state index in [-0.39, 0.29) is 12.4 Å². The van der Waals surface area contributed by atoms with Crippen LogP contribution >= 0.6 is 11.8 Å². The normalized spacial score (nSPS) is 19.8. The molecule has 0 spiro atoms. The first-order chi connectivity index (χ1) is 10.2. The van der Waals surface area contributed by atoms with Gasteiger partial charge in [0, 0.05) is 30.3 Å². The lowest BCUT2D eigenvalue weighted by atomic mass is 9.94. The minimum Gasteiger partial charge on any atom is -0.409 e. The van der Waals surface area contributed by atoms with E-state index in [4.69, 9.17) is 16.0 Å². The molecule has 21 heavy (non-hydrogen) atoms. The number of oxime groups is 1. The molecule has 0 saturated carbocycles. The van der Waals surface area contributed by atoms with Crippen LogP contribution in [0.1, 0.15) is 24.8 Å². The Bertz CT molecular complexity index is 506. The molecule has 1 saturated heterocycles. The summed E-state index contributed by atoms with van der Waals surface area (Å²) in [7, 11) is 0. The molecule has 0 aromatic heterocycles. The maximum atomic E-state index is 9.14. The van der Waals surface area contributed by atoms with Gasteiger partial charge in [-0.05, 0) is 43.6 Å². The number of piperidine rings is 1. The Balaban J connectivity index is 2.34. The third kappa shape index (κ3) is 3.63. The number of benzene rings is 1. The van der Waals surface area contributed by atoms with E-state index in [2.05, 4.69) is 10.1 Å². The lowest BCUT2D eigenvalue weighted by molar-refractivity contribution is 0.244. The van der Waals surface area contributed by atoms with E-state index in [1.54, 1.807) is 11.8 Å². The zero-order valence-corrected chi connectivity index (χ0v) is 13.1. The van der Waals surface area contributed by atoms with Gasteiger partial charge in [-0.25, -0.2) is 0 Å². The third-order valence-electron chi connectivity index (χ3n) is 3.99. The van der Waals surface area contributed by atoms with E-state index in [9.17, 15) is 0 Å². The summed E-state index contributed by atoms with van der Waals surface area (Å²) in [6, 6.07) is 6.01. The first kappa shape index (κ1) is 16.0. The van der Waals surface area contributed by atoms with Gasteiger partial charge in [0.1, 0.15) is 0 Å². The minimum atomic E-state index is 0.152. The predicted molar refractivity (Wildman–Crippen MR) is 87.4 cm³/mol. The number of nitrogens with zero attached hydrogens (tertiary/aromatic N) is 2. The maximum Gasteiger partial charge on any atom is 0.173 e. The van der Waals surface area contributed by atoms with Gasteiger partial charge in [0.05, 0.1) is 5.56 Å². The molecule has 1 heterocycles. The molecule has 0 bridgehead atoms. The van der Waals surface area contributed by atoms with Gasteiger partial charge in [-0.3, -0.25) is 0 Å². The summed E-state index contributed by atoms with van der Waals surface area (Å²) in [5, 5.41) is 21.4. The average molecular weight is 309 g/mol. The fraction of sp³-hybridized carbons (Fsp3) is 0.533. The van der Waals surface area contributed by atoms with Crippen molar-refractivity contribution in [2.75, 3.05) is 30.9 Å². The summed E-state index contributed by atoms with van der Waals surface area (Å²) in [5.74, 6) is 0.654. The van der Waals surface area contributed by atoms with Crippen molar-refractivity contribution in [2.24, 2.45) is 16.8 Å². The lowest BCUT2D eigenvalue weighted by Gasteiger charge is -2.35. The largest absolute Gasteiger partial charge is 0.409 e. The molecule has 0 amide bonds. The smallest absolute Gasteiger partial charge is 0.173 e. The Morgan fingerprint density at radius 2 is 2.33 bits per heavy atom. The van der Waals surface area contributed by atoms with Crippen molar-refractivity contribution in [1.82, 2.24) is 0 Å². The van der Waals surface area contributed by atoms with Crippen molar-refractivity contribution in [2.45, 2.75) is 24.2 Å². The van der Waals surface area contributed by atoms with E-state index < -0.39 is 0 Å². The van der Waals surface area contributed by atoms with Gasteiger partial charge >= 0.3 is 0 Å². The highest BCUT2D eigenvalue weighted by molar-refractivity contribution is 7.98. The van der Waals surface area contributed by atoms with Crippen molar-refractivity contribution in [3.63, 3.8) is 0 Å². The molecule has 1 aliphatic rings. The number of aliphatic hydroxyl groups is 1. The van der Waals surface area contributed by atoms with Crippen molar-refractivity contribution in [1.29, 1.82) is 0 Å². The van der Waals surface area contributed by atoms with Crippen LogP contribution in [0.25, 0.3) is 0 Å². The topological polar surface area (TPSA) is 82.1 Å². The van der Waals surface area contributed by atoms with Crippen LogP contribution in [0, 0.1) is 5.92 Å². The van der Waals surface area contributed by atoms with Crippen LogP contribution in [-0.2, 0) is 0 Å². The van der Waals surface area contributed by atoms with E-state index in [0.717, 1.165) is 48.5 Å². The average Bonchev–Trinajstić information content (AvgIpc) is 2.54.